The minimum atomic E-state index is 0.0696. The third-order valence-electron chi connectivity index (χ3n) is 4.06. The van der Waals surface area contributed by atoms with Crippen LogP contribution in [0.5, 0.6) is 0 Å². The second-order valence-electron chi connectivity index (χ2n) is 5.64. The second kappa shape index (κ2) is 6.22. The van der Waals surface area contributed by atoms with Crippen LogP contribution in [0.15, 0.2) is 18.3 Å². The van der Waals surface area contributed by atoms with Gasteiger partial charge in [0.05, 0.1) is 11.9 Å². The zero-order valence-corrected chi connectivity index (χ0v) is 11.8. The summed E-state index contributed by atoms with van der Waals surface area (Å²) in [4.78, 5) is 18.6. The van der Waals surface area contributed by atoms with Gasteiger partial charge in [-0.2, -0.15) is 0 Å². The number of nitrogens with zero attached hydrogens (tertiary/aromatic N) is 2. The Morgan fingerprint density at radius 3 is 2.85 bits per heavy atom. The number of anilines is 2. The van der Waals surface area contributed by atoms with Crippen LogP contribution in [0.4, 0.5) is 11.5 Å². The normalized spacial score (nSPS) is 22.2. The van der Waals surface area contributed by atoms with Crippen LogP contribution >= 0.6 is 0 Å². The first-order valence-corrected chi connectivity index (χ1v) is 7.55. The standard InChI is InChI=1S/C15H22N4O/c20-15(10-12-4-3-7-16-12)18-13-5-6-14(17-11-13)19-8-1-2-9-19/h5-6,11-12,16H,1-4,7-10H2,(H,18,20). The zero-order chi connectivity index (χ0) is 13.8. The molecule has 0 bridgehead atoms. The van der Waals surface area contributed by atoms with E-state index in [0.29, 0.717) is 12.5 Å². The lowest BCUT2D eigenvalue weighted by molar-refractivity contribution is -0.116. The molecular formula is C15H22N4O. The predicted octanol–water partition coefficient (Wildman–Crippen LogP) is 1.76. The summed E-state index contributed by atoms with van der Waals surface area (Å²) < 4.78 is 0. The Labute approximate surface area is 119 Å². The molecule has 0 spiro atoms. The maximum atomic E-state index is 11.9. The number of hydrogen-bond acceptors (Lipinski definition) is 4. The molecule has 2 aliphatic heterocycles. The fraction of sp³-hybridized carbons (Fsp3) is 0.600. The summed E-state index contributed by atoms with van der Waals surface area (Å²) in [6.07, 6.45) is 7.06. The summed E-state index contributed by atoms with van der Waals surface area (Å²) in [7, 11) is 0. The summed E-state index contributed by atoms with van der Waals surface area (Å²) in [5, 5.41) is 6.26. The Bertz CT molecular complexity index is 447. The molecule has 1 aromatic heterocycles. The fourth-order valence-corrected chi connectivity index (χ4v) is 2.96. The number of carbonyl (C=O) groups is 1. The maximum absolute atomic E-state index is 11.9. The van der Waals surface area contributed by atoms with Crippen LogP contribution in [-0.2, 0) is 4.79 Å². The van der Waals surface area contributed by atoms with Crippen LogP contribution in [0.2, 0.25) is 0 Å². The first-order chi connectivity index (χ1) is 9.81. The van der Waals surface area contributed by atoms with E-state index in [4.69, 9.17) is 0 Å². The first kappa shape index (κ1) is 13.4. The van der Waals surface area contributed by atoms with Crippen LogP contribution in [0.1, 0.15) is 32.1 Å². The molecule has 3 heterocycles. The average molecular weight is 274 g/mol. The smallest absolute Gasteiger partial charge is 0.225 e. The van der Waals surface area contributed by atoms with Crippen molar-refractivity contribution in [1.82, 2.24) is 10.3 Å². The summed E-state index contributed by atoms with van der Waals surface area (Å²) >= 11 is 0. The van der Waals surface area contributed by atoms with E-state index in [1.807, 2.05) is 12.1 Å². The maximum Gasteiger partial charge on any atom is 0.225 e. The fourth-order valence-electron chi connectivity index (χ4n) is 2.96. The molecular weight excluding hydrogens is 252 g/mol. The van der Waals surface area contributed by atoms with Crippen LogP contribution in [0, 0.1) is 0 Å². The van der Waals surface area contributed by atoms with Gasteiger partial charge in [0, 0.05) is 25.6 Å². The number of amides is 1. The molecule has 2 aliphatic rings. The Morgan fingerprint density at radius 2 is 2.20 bits per heavy atom. The first-order valence-electron chi connectivity index (χ1n) is 7.55. The molecule has 1 atom stereocenters. The van der Waals surface area contributed by atoms with Crippen molar-refractivity contribution in [2.24, 2.45) is 0 Å². The molecule has 2 fully saturated rings. The van der Waals surface area contributed by atoms with E-state index >= 15 is 0 Å². The molecule has 2 N–H and O–H groups in total. The molecule has 5 heteroatoms. The van der Waals surface area contributed by atoms with Crippen molar-refractivity contribution in [3.05, 3.63) is 18.3 Å². The lowest BCUT2D eigenvalue weighted by atomic mass is 10.1. The van der Waals surface area contributed by atoms with Gasteiger partial charge in [-0.3, -0.25) is 4.79 Å². The van der Waals surface area contributed by atoms with E-state index in [2.05, 4.69) is 20.5 Å². The summed E-state index contributed by atoms with van der Waals surface area (Å²) in [6.45, 7) is 3.21. The quantitative estimate of drug-likeness (QED) is 0.878. The number of nitrogens with one attached hydrogen (secondary N) is 2. The van der Waals surface area contributed by atoms with Gasteiger partial charge in [-0.25, -0.2) is 4.98 Å². The molecule has 3 rings (SSSR count). The van der Waals surface area contributed by atoms with Crippen LogP contribution in [-0.4, -0.2) is 36.6 Å². The number of aromatic nitrogens is 1. The molecule has 1 amide bonds. The Balaban J connectivity index is 1.53. The molecule has 1 unspecified atom stereocenters. The van der Waals surface area contributed by atoms with E-state index < -0.39 is 0 Å². The van der Waals surface area contributed by atoms with E-state index in [0.717, 1.165) is 37.6 Å². The Hall–Kier alpha value is -1.62. The van der Waals surface area contributed by atoms with E-state index in [1.54, 1.807) is 6.20 Å². The number of carbonyl (C=O) groups excluding carboxylic acids is 1. The molecule has 108 valence electrons. The monoisotopic (exact) mass is 274 g/mol. The molecule has 1 aromatic rings. The van der Waals surface area contributed by atoms with Gasteiger partial charge in [0.1, 0.15) is 5.82 Å². The van der Waals surface area contributed by atoms with Crippen molar-refractivity contribution in [2.45, 2.75) is 38.1 Å². The number of pyridine rings is 1. The van der Waals surface area contributed by atoms with Gasteiger partial charge in [-0.15, -0.1) is 0 Å². The third-order valence-corrected chi connectivity index (χ3v) is 4.06. The molecule has 2 saturated heterocycles. The van der Waals surface area contributed by atoms with E-state index in [9.17, 15) is 4.79 Å². The van der Waals surface area contributed by atoms with E-state index in [-0.39, 0.29) is 5.91 Å². The third kappa shape index (κ3) is 3.28. The van der Waals surface area contributed by atoms with E-state index in [1.165, 1.54) is 19.3 Å². The second-order valence-corrected chi connectivity index (χ2v) is 5.64. The van der Waals surface area contributed by atoms with Gasteiger partial charge in [0.15, 0.2) is 0 Å². The highest BCUT2D eigenvalue weighted by atomic mass is 16.1. The lowest BCUT2D eigenvalue weighted by Crippen LogP contribution is -2.27. The topological polar surface area (TPSA) is 57.3 Å². The minimum Gasteiger partial charge on any atom is -0.357 e. The molecule has 0 saturated carbocycles. The van der Waals surface area contributed by atoms with Gasteiger partial charge in [0.25, 0.3) is 0 Å². The van der Waals surface area contributed by atoms with Gasteiger partial charge >= 0.3 is 0 Å². The van der Waals surface area contributed by atoms with Crippen molar-refractivity contribution in [1.29, 1.82) is 0 Å². The minimum absolute atomic E-state index is 0.0696. The van der Waals surface area contributed by atoms with Gasteiger partial charge in [0.2, 0.25) is 5.91 Å². The molecule has 0 radical (unpaired) electrons. The molecule has 5 nitrogen and oxygen atoms in total. The largest absolute Gasteiger partial charge is 0.357 e. The van der Waals surface area contributed by atoms with Gasteiger partial charge in [-0.05, 0) is 44.4 Å². The average Bonchev–Trinajstić information content (AvgIpc) is 3.12. The van der Waals surface area contributed by atoms with Crippen LogP contribution in [0.25, 0.3) is 0 Å². The predicted molar refractivity (Wildman–Crippen MR) is 80.0 cm³/mol. The number of hydrogen-bond donors (Lipinski definition) is 2. The van der Waals surface area contributed by atoms with Crippen molar-refractivity contribution >= 4 is 17.4 Å². The Morgan fingerprint density at radius 1 is 1.35 bits per heavy atom. The highest BCUT2D eigenvalue weighted by molar-refractivity contribution is 5.91. The highest BCUT2D eigenvalue weighted by Crippen LogP contribution is 2.19. The van der Waals surface area contributed by atoms with Crippen molar-refractivity contribution < 1.29 is 4.79 Å². The van der Waals surface area contributed by atoms with Gasteiger partial charge < -0.3 is 15.5 Å². The molecule has 0 aromatic carbocycles. The van der Waals surface area contributed by atoms with Crippen LogP contribution < -0.4 is 15.5 Å². The SMILES string of the molecule is O=C(CC1CCCN1)Nc1ccc(N2CCCC2)nc1. The van der Waals surface area contributed by atoms with Crippen LogP contribution in [0.3, 0.4) is 0 Å². The summed E-state index contributed by atoms with van der Waals surface area (Å²) in [6, 6.07) is 4.28. The Kier molecular flexibility index (Phi) is 4.16. The summed E-state index contributed by atoms with van der Waals surface area (Å²) in [5.74, 6) is 1.08. The van der Waals surface area contributed by atoms with Gasteiger partial charge in [-0.1, -0.05) is 0 Å². The zero-order valence-electron chi connectivity index (χ0n) is 11.8. The van der Waals surface area contributed by atoms with Crippen molar-refractivity contribution in [2.75, 3.05) is 29.9 Å². The molecule has 0 aliphatic carbocycles. The van der Waals surface area contributed by atoms with Crippen molar-refractivity contribution in [3.63, 3.8) is 0 Å². The number of rotatable bonds is 4. The summed E-state index contributed by atoms with van der Waals surface area (Å²) in [5.41, 5.74) is 0.788. The lowest BCUT2D eigenvalue weighted by Gasteiger charge is -2.16. The van der Waals surface area contributed by atoms with Crippen molar-refractivity contribution in [3.8, 4) is 0 Å². The highest BCUT2D eigenvalue weighted by Gasteiger charge is 2.18. The molecule has 20 heavy (non-hydrogen) atoms.